The number of rotatable bonds is 4. The lowest BCUT2D eigenvalue weighted by Crippen LogP contribution is -2.45. The number of fused-ring (bicyclic) bond motifs is 2. The molecule has 1 fully saturated rings. The maximum atomic E-state index is 13.5. The minimum absolute atomic E-state index is 0.0901. The molecule has 1 saturated heterocycles. The average Bonchev–Trinajstić information content (AvgIpc) is 3.26. The van der Waals surface area contributed by atoms with Gasteiger partial charge < -0.3 is 4.90 Å². The van der Waals surface area contributed by atoms with Gasteiger partial charge in [-0.1, -0.05) is 24.3 Å². The third kappa shape index (κ3) is 3.44. The Balaban J connectivity index is 1.53. The van der Waals surface area contributed by atoms with Crippen LogP contribution >= 0.6 is 11.3 Å². The van der Waals surface area contributed by atoms with Crippen LogP contribution in [-0.2, 0) is 17.9 Å². The van der Waals surface area contributed by atoms with E-state index in [1.165, 1.54) is 9.13 Å². The molecule has 0 unspecified atom stereocenters. The second kappa shape index (κ2) is 8.35. The molecular weight excluding hydrogens is 424 g/mol. The number of benzene rings is 2. The SMILES string of the molecule is CCn1c(=O)c2ccccc2n(CC(=O)N2CCCC[C@H]2c2nc3ccccc3s2)c1=O. The lowest BCUT2D eigenvalue weighted by atomic mass is 10.0. The minimum atomic E-state index is -0.446. The highest BCUT2D eigenvalue weighted by atomic mass is 32.1. The standard InChI is InChI=1S/C24H24N4O3S/c1-2-26-23(30)16-9-3-5-11-18(16)28(24(26)31)15-21(29)27-14-8-7-12-19(27)22-25-17-10-4-6-13-20(17)32-22/h3-6,9-11,13,19H,2,7-8,12,14-15H2,1H3/t19-/m0/s1. The first kappa shape index (κ1) is 20.6. The summed E-state index contributed by atoms with van der Waals surface area (Å²) >= 11 is 1.63. The number of amides is 1. The van der Waals surface area contributed by atoms with Gasteiger partial charge in [-0.15, -0.1) is 11.3 Å². The summed E-state index contributed by atoms with van der Waals surface area (Å²) in [5.41, 5.74) is 0.678. The molecule has 0 bridgehead atoms. The van der Waals surface area contributed by atoms with Gasteiger partial charge >= 0.3 is 5.69 Å². The Morgan fingerprint density at radius 2 is 1.84 bits per heavy atom. The molecule has 32 heavy (non-hydrogen) atoms. The maximum absolute atomic E-state index is 13.5. The van der Waals surface area contributed by atoms with E-state index in [4.69, 9.17) is 4.98 Å². The fourth-order valence-electron chi connectivity index (χ4n) is 4.55. The van der Waals surface area contributed by atoms with Crippen molar-refractivity contribution in [3.05, 3.63) is 74.4 Å². The zero-order valence-electron chi connectivity index (χ0n) is 17.9. The number of piperidine rings is 1. The number of hydrogen-bond acceptors (Lipinski definition) is 5. The second-order valence-electron chi connectivity index (χ2n) is 8.05. The van der Waals surface area contributed by atoms with E-state index in [-0.39, 0.29) is 30.6 Å². The van der Waals surface area contributed by atoms with Crippen LogP contribution in [0.5, 0.6) is 0 Å². The molecule has 2 aromatic heterocycles. The van der Waals surface area contributed by atoms with Gasteiger partial charge in [-0.05, 0) is 50.5 Å². The predicted octanol–water partition coefficient (Wildman–Crippen LogP) is 3.55. The van der Waals surface area contributed by atoms with Crippen molar-refractivity contribution in [2.24, 2.45) is 0 Å². The molecule has 0 radical (unpaired) electrons. The van der Waals surface area contributed by atoms with Crippen LogP contribution in [0.4, 0.5) is 0 Å². The summed E-state index contributed by atoms with van der Waals surface area (Å²) in [4.78, 5) is 45.9. The average molecular weight is 449 g/mol. The highest BCUT2D eigenvalue weighted by Gasteiger charge is 2.31. The number of para-hydroxylation sites is 2. The summed E-state index contributed by atoms with van der Waals surface area (Å²) in [5.74, 6) is -0.123. The molecule has 0 spiro atoms. The fraction of sp³-hybridized carbons (Fsp3) is 0.333. The van der Waals surface area contributed by atoms with Crippen molar-refractivity contribution in [3.8, 4) is 0 Å². The third-order valence-electron chi connectivity index (χ3n) is 6.16. The monoisotopic (exact) mass is 448 g/mol. The molecule has 2 aromatic carbocycles. The summed E-state index contributed by atoms with van der Waals surface area (Å²) < 4.78 is 3.74. The van der Waals surface area contributed by atoms with Crippen molar-refractivity contribution in [1.29, 1.82) is 0 Å². The topological polar surface area (TPSA) is 77.2 Å². The minimum Gasteiger partial charge on any atom is -0.332 e. The third-order valence-corrected chi connectivity index (χ3v) is 7.30. The Morgan fingerprint density at radius 3 is 2.66 bits per heavy atom. The van der Waals surface area contributed by atoms with Crippen LogP contribution in [0.1, 0.15) is 37.2 Å². The number of aromatic nitrogens is 3. The number of thiazole rings is 1. The van der Waals surface area contributed by atoms with E-state index in [1.807, 2.05) is 29.2 Å². The summed E-state index contributed by atoms with van der Waals surface area (Å²) in [6, 6.07) is 14.9. The Labute approximate surface area is 188 Å². The molecule has 1 aliphatic heterocycles. The van der Waals surface area contributed by atoms with Crippen molar-refractivity contribution in [1.82, 2.24) is 19.0 Å². The number of carbonyl (C=O) groups excluding carboxylic acids is 1. The van der Waals surface area contributed by atoms with Gasteiger partial charge in [0.1, 0.15) is 11.6 Å². The van der Waals surface area contributed by atoms with Crippen LogP contribution in [0.3, 0.4) is 0 Å². The Bertz CT molecular complexity index is 1400. The van der Waals surface area contributed by atoms with Gasteiger partial charge in [0.25, 0.3) is 5.56 Å². The van der Waals surface area contributed by atoms with E-state index in [2.05, 4.69) is 0 Å². The van der Waals surface area contributed by atoms with Gasteiger partial charge in [0, 0.05) is 13.1 Å². The molecule has 1 atom stereocenters. The highest BCUT2D eigenvalue weighted by molar-refractivity contribution is 7.18. The molecule has 8 heteroatoms. The van der Waals surface area contributed by atoms with Crippen molar-refractivity contribution in [3.63, 3.8) is 0 Å². The van der Waals surface area contributed by atoms with E-state index in [9.17, 15) is 14.4 Å². The molecule has 0 N–H and O–H groups in total. The Morgan fingerprint density at radius 1 is 1.06 bits per heavy atom. The van der Waals surface area contributed by atoms with E-state index in [0.717, 1.165) is 34.5 Å². The van der Waals surface area contributed by atoms with E-state index >= 15 is 0 Å². The van der Waals surface area contributed by atoms with E-state index < -0.39 is 5.69 Å². The maximum Gasteiger partial charge on any atom is 0.331 e. The van der Waals surface area contributed by atoms with E-state index in [0.29, 0.717) is 17.4 Å². The van der Waals surface area contributed by atoms with Gasteiger partial charge in [0.2, 0.25) is 5.91 Å². The Kier molecular flexibility index (Phi) is 5.38. The Hall–Kier alpha value is -3.26. The summed E-state index contributed by atoms with van der Waals surface area (Å²) in [7, 11) is 0. The van der Waals surface area contributed by atoms with Crippen molar-refractivity contribution < 1.29 is 4.79 Å². The number of hydrogen-bond donors (Lipinski definition) is 0. The van der Waals surface area contributed by atoms with Crippen LogP contribution in [-0.4, -0.2) is 31.5 Å². The molecule has 0 aliphatic carbocycles. The second-order valence-corrected chi connectivity index (χ2v) is 9.12. The first-order valence-corrected chi connectivity index (χ1v) is 11.8. The van der Waals surface area contributed by atoms with Crippen molar-refractivity contribution in [2.75, 3.05) is 6.54 Å². The molecular formula is C24H24N4O3S. The zero-order valence-corrected chi connectivity index (χ0v) is 18.7. The molecule has 7 nitrogen and oxygen atoms in total. The van der Waals surface area contributed by atoms with Crippen LogP contribution in [0, 0.1) is 0 Å². The van der Waals surface area contributed by atoms with Crippen LogP contribution < -0.4 is 11.2 Å². The molecule has 1 amide bonds. The smallest absolute Gasteiger partial charge is 0.331 e. The van der Waals surface area contributed by atoms with Gasteiger partial charge in [0.15, 0.2) is 0 Å². The number of carbonyl (C=O) groups is 1. The largest absolute Gasteiger partial charge is 0.332 e. The normalized spacial score (nSPS) is 16.7. The lowest BCUT2D eigenvalue weighted by Gasteiger charge is -2.34. The molecule has 5 rings (SSSR count). The van der Waals surface area contributed by atoms with Gasteiger partial charge in [-0.3, -0.25) is 18.7 Å². The summed E-state index contributed by atoms with van der Waals surface area (Å²) in [6.07, 6.45) is 2.82. The van der Waals surface area contributed by atoms with Crippen LogP contribution in [0.15, 0.2) is 58.1 Å². The van der Waals surface area contributed by atoms with Crippen molar-refractivity contribution in [2.45, 2.75) is 45.3 Å². The quantitative estimate of drug-likeness (QED) is 0.478. The summed E-state index contributed by atoms with van der Waals surface area (Å²) in [6.45, 7) is 2.56. The zero-order chi connectivity index (χ0) is 22.2. The molecule has 3 heterocycles. The van der Waals surface area contributed by atoms with Crippen LogP contribution in [0.2, 0.25) is 0 Å². The van der Waals surface area contributed by atoms with E-state index in [1.54, 1.807) is 42.5 Å². The fourth-order valence-corrected chi connectivity index (χ4v) is 5.66. The lowest BCUT2D eigenvalue weighted by molar-refractivity contribution is -0.135. The van der Waals surface area contributed by atoms with Gasteiger partial charge in [-0.25, -0.2) is 9.78 Å². The highest BCUT2D eigenvalue weighted by Crippen LogP contribution is 2.35. The number of likely N-dealkylation sites (tertiary alicyclic amines) is 1. The van der Waals surface area contributed by atoms with Gasteiger partial charge in [-0.2, -0.15) is 0 Å². The first-order chi connectivity index (χ1) is 15.6. The molecule has 4 aromatic rings. The molecule has 0 saturated carbocycles. The number of nitrogens with zero attached hydrogens (tertiary/aromatic N) is 4. The summed E-state index contributed by atoms with van der Waals surface area (Å²) in [5, 5.41) is 1.39. The molecule has 1 aliphatic rings. The van der Waals surface area contributed by atoms with Gasteiger partial charge in [0.05, 0.1) is 27.2 Å². The first-order valence-electron chi connectivity index (χ1n) is 11.0. The molecule has 164 valence electrons. The predicted molar refractivity (Wildman–Crippen MR) is 126 cm³/mol. The van der Waals surface area contributed by atoms with Crippen LogP contribution in [0.25, 0.3) is 21.1 Å². The van der Waals surface area contributed by atoms with Crippen molar-refractivity contribution >= 4 is 38.4 Å².